The van der Waals surface area contributed by atoms with Crippen molar-refractivity contribution in [3.8, 4) is 0 Å². The summed E-state index contributed by atoms with van der Waals surface area (Å²) in [6.07, 6.45) is 0.635. The lowest BCUT2D eigenvalue weighted by atomic mass is 9.76. The first kappa shape index (κ1) is 9.62. The lowest BCUT2D eigenvalue weighted by Gasteiger charge is -2.41. The molecule has 0 amide bonds. The molecule has 0 bridgehead atoms. The summed E-state index contributed by atoms with van der Waals surface area (Å²) in [5.74, 6) is -0.230. The molecule has 0 aromatic heterocycles. The zero-order chi connectivity index (χ0) is 10.0. The van der Waals surface area contributed by atoms with Crippen LogP contribution in [0.4, 0.5) is 4.39 Å². The van der Waals surface area contributed by atoms with Crippen LogP contribution in [0.15, 0.2) is 24.3 Å². The predicted molar refractivity (Wildman–Crippen MR) is 50.6 cm³/mol. The summed E-state index contributed by atoms with van der Waals surface area (Å²) in [5, 5.41) is 8.95. The van der Waals surface area contributed by atoms with E-state index in [4.69, 9.17) is 9.84 Å². The topological polar surface area (TPSA) is 29.5 Å². The Balaban J connectivity index is 2.27. The second-order valence-electron chi connectivity index (χ2n) is 3.76. The van der Waals surface area contributed by atoms with E-state index in [2.05, 4.69) is 0 Å². The van der Waals surface area contributed by atoms with Gasteiger partial charge in [-0.15, -0.1) is 0 Å². The van der Waals surface area contributed by atoms with E-state index in [0.717, 1.165) is 5.56 Å². The first-order valence-corrected chi connectivity index (χ1v) is 4.71. The van der Waals surface area contributed by atoms with Gasteiger partial charge in [-0.3, -0.25) is 0 Å². The van der Waals surface area contributed by atoms with Crippen LogP contribution in [0.25, 0.3) is 0 Å². The highest BCUT2D eigenvalue weighted by molar-refractivity contribution is 5.28. The van der Waals surface area contributed by atoms with Crippen LogP contribution < -0.4 is 0 Å². The molecule has 14 heavy (non-hydrogen) atoms. The summed E-state index contributed by atoms with van der Waals surface area (Å²) in [4.78, 5) is 0. The largest absolute Gasteiger partial charge is 0.396 e. The fourth-order valence-electron chi connectivity index (χ4n) is 1.84. The molecule has 0 spiro atoms. The lowest BCUT2D eigenvalue weighted by Crippen LogP contribution is -2.47. The number of aliphatic hydroxyl groups excluding tert-OH is 1. The second-order valence-corrected chi connectivity index (χ2v) is 3.76. The van der Waals surface area contributed by atoms with E-state index in [0.29, 0.717) is 19.6 Å². The molecule has 1 aromatic carbocycles. The number of ether oxygens (including phenoxy) is 1. The van der Waals surface area contributed by atoms with Gasteiger partial charge >= 0.3 is 0 Å². The van der Waals surface area contributed by atoms with Crippen LogP contribution in [0.3, 0.4) is 0 Å². The molecule has 2 nitrogen and oxygen atoms in total. The predicted octanol–water partition coefficient (Wildman–Crippen LogP) is 1.48. The van der Waals surface area contributed by atoms with E-state index in [1.54, 1.807) is 6.07 Å². The van der Waals surface area contributed by atoms with Crippen LogP contribution in [0, 0.1) is 5.82 Å². The zero-order valence-electron chi connectivity index (χ0n) is 7.87. The van der Waals surface area contributed by atoms with E-state index in [1.165, 1.54) is 12.1 Å². The molecule has 0 aliphatic carbocycles. The Labute approximate surface area is 82.3 Å². The van der Waals surface area contributed by atoms with Gasteiger partial charge < -0.3 is 9.84 Å². The Morgan fingerprint density at radius 1 is 1.43 bits per heavy atom. The Bertz CT molecular complexity index is 321. The van der Waals surface area contributed by atoms with Crippen LogP contribution in [-0.4, -0.2) is 24.9 Å². The minimum Gasteiger partial charge on any atom is -0.396 e. The standard InChI is InChI=1S/C11H13FO2/c12-10-3-1-2-9(6-10)11(4-5-13)7-14-8-11/h1-3,6,13H,4-5,7-8H2. The van der Waals surface area contributed by atoms with Gasteiger partial charge in [-0.25, -0.2) is 4.39 Å². The fraction of sp³-hybridized carbons (Fsp3) is 0.455. The third kappa shape index (κ3) is 1.53. The first-order valence-electron chi connectivity index (χ1n) is 4.71. The quantitative estimate of drug-likeness (QED) is 0.793. The Hall–Kier alpha value is -0.930. The van der Waals surface area contributed by atoms with Gasteiger partial charge in [0.2, 0.25) is 0 Å². The smallest absolute Gasteiger partial charge is 0.123 e. The number of hydrogen-bond donors (Lipinski definition) is 1. The Kier molecular flexibility index (Phi) is 2.52. The maximum Gasteiger partial charge on any atom is 0.123 e. The highest BCUT2D eigenvalue weighted by Gasteiger charge is 2.39. The molecule has 1 fully saturated rings. The molecule has 1 aliphatic rings. The zero-order valence-corrected chi connectivity index (χ0v) is 7.87. The third-order valence-electron chi connectivity index (χ3n) is 2.78. The molecular weight excluding hydrogens is 183 g/mol. The van der Waals surface area contributed by atoms with E-state index in [1.807, 2.05) is 6.07 Å². The molecular formula is C11H13FO2. The monoisotopic (exact) mass is 196 g/mol. The van der Waals surface area contributed by atoms with Gasteiger partial charge in [0.15, 0.2) is 0 Å². The molecule has 1 saturated heterocycles. The van der Waals surface area contributed by atoms with Gasteiger partial charge in [0.25, 0.3) is 0 Å². The molecule has 1 heterocycles. The van der Waals surface area contributed by atoms with Gasteiger partial charge in [-0.05, 0) is 24.1 Å². The van der Waals surface area contributed by atoms with Crippen molar-refractivity contribution >= 4 is 0 Å². The summed E-state index contributed by atoms with van der Waals surface area (Å²) < 4.78 is 18.1. The molecule has 0 saturated carbocycles. The van der Waals surface area contributed by atoms with Crippen LogP contribution in [0.1, 0.15) is 12.0 Å². The van der Waals surface area contributed by atoms with Gasteiger partial charge in [-0.2, -0.15) is 0 Å². The maximum atomic E-state index is 13.0. The number of aliphatic hydroxyl groups is 1. The van der Waals surface area contributed by atoms with Gasteiger partial charge in [-0.1, -0.05) is 12.1 Å². The molecule has 76 valence electrons. The Morgan fingerprint density at radius 2 is 2.21 bits per heavy atom. The van der Waals surface area contributed by atoms with E-state index >= 15 is 0 Å². The summed E-state index contributed by atoms with van der Waals surface area (Å²) >= 11 is 0. The van der Waals surface area contributed by atoms with Crippen molar-refractivity contribution in [1.82, 2.24) is 0 Å². The van der Waals surface area contributed by atoms with Gasteiger partial charge in [0, 0.05) is 12.0 Å². The fourth-order valence-corrected chi connectivity index (χ4v) is 1.84. The second kappa shape index (κ2) is 3.67. The van der Waals surface area contributed by atoms with E-state index < -0.39 is 0 Å². The van der Waals surface area contributed by atoms with Gasteiger partial charge in [0.1, 0.15) is 5.82 Å². The molecule has 1 aromatic rings. The van der Waals surface area contributed by atoms with E-state index in [-0.39, 0.29) is 17.8 Å². The van der Waals surface area contributed by atoms with Crippen LogP contribution >= 0.6 is 0 Å². The van der Waals surface area contributed by atoms with Crippen molar-refractivity contribution < 1.29 is 14.2 Å². The number of halogens is 1. The number of rotatable bonds is 3. The van der Waals surface area contributed by atoms with Crippen LogP contribution in [0.2, 0.25) is 0 Å². The summed E-state index contributed by atoms with van der Waals surface area (Å²) in [5.41, 5.74) is 0.773. The molecule has 2 rings (SSSR count). The lowest BCUT2D eigenvalue weighted by molar-refractivity contribution is -0.0702. The van der Waals surface area contributed by atoms with Crippen molar-refractivity contribution in [2.45, 2.75) is 11.8 Å². The van der Waals surface area contributed by atoms with Crippen molar-refractivity contribution in [3.63, 3.8) is 0 Å². The molecule has 0 atom stereocenters. The Morgan fingerprint density at radius 3 is 2.71 bits per heavy atom. The van der Waals surface area contributed by atoms with Crippen molar-refractivity contribution in [2.75, 3.05) is 19.8 Å². The highest BCUT2D eigenvalue weighted by atomic mass is 19.1. The molecule has 1 aliphatic heterocycles. The number of hydrogen-bond acceptors (Lipinski definition) is 2. The first-order chi connectivity index (χ1) is 6.77. The minimum atomic E-state index is -0.230. The average molecular weight is 196 g/mol. The SMILES string of the molecule is OCCC1(c2cccc(F)c2)COC1. The molecule has 0 unspecified atom stereocenters. The third-order valence-corrected chi connectivity index (χ3v) is 2.78. The van der Waals surface area contributed by atoms with Crippen molar-refractivity contribution in [3.05, 3.63) is 35.6 Å². The minimum absolute atomic E-state index is 0.111. The van der Waals surface area contributed by atoms with Crippen molar-refractivity contribution in [2.24, 2.45) is 0 Å². The van der Waals surface area contributed by atoms with Crippen LogP contribution in [0.5, 0.6) is 0 Å². The van der Waals surface area contributed by atoms with E-state index in [9.17, 15) is 4.39 Å². The molecule has 3 heteroatoms. The van der Waals surface area contributed by atoms with Gasteiger partial charge in [0.05, 0.1) is 13.2 Å². The summed E-state index contributed by atoms with van der Waals surface area (Å²) in [6, 6.07) is 6.54. The maximum absolute atomic E-state index is 13.0. The molecule has 1 N–H and O–H groups in total. The summed E-state index contributed by atoms with van der Waals surface area (Å²) in [6.45, 7) is 1.27. The molecule has 0 radical (unpaired) electrons. The summed E-state index contributed by atoms with van der Waals surface area (Å²) in [7, 11) is 0. The van der Waals surface area contributed by atoms with Crippen LogP contribution in [-0.2, 0) is 10.2 Å². The normalized spacial score (nSPS) is 19.0. The number of benzene rings is 1. The average Bonchev–Trinajstić information content (AvgIpc) is 2.11. The van der Waals surface area contributed by atoms with Crippen molar-refractivity contribution in [1.29, 1.82) is 0 Å². The highest BCUT2D eigenvalue weighted by Crippen LogP contribution is 2.35.